The van der Waals surface area contributed by atoms with E-state index < -0.39 is 23.3 Å². The van der Waals surface area contributed by atoms with Crippen LogP contribution in [0.5, 0.6) is 5.88 Å². The maximum Gasteiger partial charge on any atom is 0.408 e. The zero-order valence-corrected chi connectivity index (χ0v) is 19.6. The molecule has 0 radical (unpaired) electrons. The molecule has 2 heterocycles. The molecule has 2 aromatic carbocycles. The molecule has 5 rings (SSSR count). The Morgan fingerprint density at radius 2 is 1.80 bits per heavy atom. The van der Waals surface area contributed by atoms with Crippen LogP contribution in [0.3, 0.4) is 0 Å². The molecule has 2 fully saturated rings. The highest BCUT2D eigenvalue weighted by molar-refractivity contribution is 5.68. The van der Waals surface area contributed by atoms with Crippen LogP contribution in [0.1, 0.15) is 25.0 Å². The first-order valence-corrected chi connectivity index (χ1v) is 11.7. The lowest BCUT2D eigenvalue weighted by Crippen LogP contribution is -2.33. The predicted octanol–water partition coefficient (Wildman–Crippen LogP) is 4.78. The van der Waals surface area contributed by atoms with Crippen molar-refractivity contribution < 1.29 is 23.0 Å². The smallest absolute Gasteiger partial charge is 0.408 e. The van der Waals surface area contributed by atoms with Gasteiger partial charge in [-0.05, 0) is 43.7 Å². The Morgan fingerprint density at radius 3 is 2.51 bits per heavy atom. The molecule has 1 aliphatic carbocycles. The fraction of sp³-hybridized carbons (Fsp3) is 0.333. The van der Waals surface area contributed by atoms with Crippen molar-refractivity contribution in [1.29, 1.82) is 0 Å². The quantitative estimate of drug-likeness (QED) is 0.510. The third-order valence-electron chi connectivity index (χ3n) is 6.61. The zero-order chi connectivity index (χ0) is 24.6. The average molecular weight is 480 g/mol. The van der Waals surface area contributed by atoms with Gasteiger partial charge in [0.2, 0.25) is 5.88 Å². The van der Waals surface area contributed by atoms with Gasteiger partial charge in [-0.25, -0.2) is 18.6 Å². The number of ether oxygens (including phenoxy) is 2. The Morgan fingerprint density at radius 1 is 1.06 bits per heavy atom. The van der Waals surface area contributed by atoms with Crippen LogP contribution in [0.4, 0.5) is 13.6 Å². The minimum Gasteiger partial charge on any atom is -0.474 e. The highest BCUT2D eigenvalue weighted by atomic mass is 19.2. The largest absolute Gasteiger partial charge is 0.474 e. The van der Waals surface area contributed by atoms with Crippen LogP contribution >= 0.6 is 0 Å². The summed E-state index contributed by atoms with van der Waals surface area (Å²) in [6.45, 7) is 5.67. The van der Waals surface area contributed by atoms with E-state index in [2.05, 4.69) is 15.6 Å². The summed E-state index contributed by atoms with van der Waals surface area (Å²) in [6.07, 6.45) is -0.509. The summed E-state index contributed by atoms with van der Waals surface area (Å²) in [4.78, 5) is 17.1. The second-order valence-corrected chi connectivity index (χ2v) is 9.52. The van der Waals surface area contributed by atoms with E-state index in [4.69, 9.17) is 9.47 Å². The molecule has 1 saturated heterocycles. The number of carbonyl (C=O) groups is 1. The van der Waals surface area contributed by atoms with Gasteiger partial charge in [-0.1, -0.05) is 30.3 Å². The van der Waals surface area contributed by atoms with Crippen LogP contribution < -0.4 is 15.4 Å². The Hall–Kier alpha value is -3.52. The summed E-state index contributed by atoms with van der Waals surface area (Å²) in [6, 6.07) is 16.6. The van der Waals surface area contributed by atoms with Crippen molar-refractivity contribution in [2.24, 2.45) is 11.8 Å². The minimum absolute atomic E-state index is 0.0648. The average Bonchev–Trinajstić information content (AvgIpc) is 3.24. The lowest BCUT2D eigenvalue weighted by atomic mass is 9.96. The Bertz CT molecular complexity index is 1230. The van der Waals surface area contributed by atoms with Crippen LogP contribution in [0, 0.1) is 23.5 Å². The highest BCUT2D eigenvalue weighted by Gasteiger charge is 2.55. The van der Waals surface area contributed by atoms with Crippen molar-refractivity contribution in [1.82, 2.24) is 15.6 Å². The van der Waals surface area contributed by atoms with Gasteiger partial charge in [0.15, 0.2) is 11.6 Å². The summed E-state index contributed by atoms with van der Waals surface area (Å²) in [5.41, 5.74) is 1.34. The molecule has 2 aliphatic rings. The molecule has 1 aromatic heterocycles. The van der Waals surface area contributed by atoms with Crippen molar-refractivity contribution in [3.8, 4) is 17.1 Å². The van der Waals surface area contributed by atoms with E-state index in [0.29, 0.717) is 41.1 Å². The molecule has 6 nitrogen and oxygen atoms in total. The van der Waals surface area contributed by atoms with Crippen LogP contribution in [0.25, 0.3) is 11.3 Å². The van der Waals surface area contributed by atoms with E-state index in [1.54, 1.807) is 26.0 Å². The molecular weight excluding hydrogens is 452 g/mol. The van der Waals surface area contributed by atoms with Crippen LogP contribution in [-0.4, -0.2) is 30.3 Å². The summed E-state index contributed by atoms with van der Waals surface area (Å²) >= 11 is 0. The molecule has 2 N–H and O–H groups in total. The van der Waals surface area contributed by atoms with Gasteiger partial charge in [0, 0.05) is 48.7 Å². The maximum atomic E-state index is 14.0. The second kappa shape index (κ2) is 9.26. The lowest BCUT2D eigenvalue weighted by Gasteiger charge is -2.27. The molecule has 0 spiro atoms. The number of benzene rings is 2. The number of pyridine rings is 1. The van der Waals surface area contributed by atoms with Crippen LogP contribution in [0.15, 0.2) is 60.7 Å². The Balaban J connectivity index is 1.38. The molecule has 1 saturated carbocycles. The molecule has 1 amide bonds. The van der Waals surface area contributed by atoms with Gasteiger partial charge in [-0.15, -0.1) is 0 Å². The predicted molar refractivity (Wildman–Crippen MR) is 127 cm³/mol. The Labute approximate surface area is 202 Å². The Kier molecular flexibility index (Phi) is 6.15. The molecule has 0 bridgehead atoms. The number of rotatable bonds is 7. The molecule has 2 atom stereocenters. The van der Waals surface area contributed by atoms with E-state index in [1.807, 2.05) is 30.3 Å². The first kappa shape index (κ1) is 23.2. The molecule has 1 aliphatic heterocycles. The number of alkyl carbamates (subject to hydrolysis) is 1. The van der Waals surface area contributed by atoms with Crippen molar-refractivity contribution in [3.63, 3.8) is 0 Å². The molecule has 35 heavy (non-hydrogen) atoms. The lowest BCUT2D eigenvalue weighted by molar-refractivity contribution is 0.0358. The summed E-state index contributed by atoms with van der Waals surface area (Å²) in [5.74, 6) is -0.641. The third kappa shape index (κ3) is 5.12. The van der Waals surface area contributed by atoms with Crippen LogP contribution in [0.2, 0.25) is 0 Å². The van der Waals surface area contributed by atoms with Gasteiger partial charge >= 0.3 is 6.09 Å². The summed E-state index contributed by atoms with van der Waals surface area (Å²) < 4.78 is 39.4. The van der Waals surface area contributed by atoms with E-state index in [1.165, 1.54) is 6.07 Å². The van der Waals surface area contributed by atoms with Gasteiger partial charge in [-0.3, -0.25) is 0 Å². The van der Waals surface area contributed by atoms with Gasteiger partial charge in [0.05, 0.1) is 5.69 Å². The fourth-order valence-corrected chi connectivity index (χ4v) is 4.49. The van der Waals surface area contributed by atoms with Crippen molar-refractivity contribution >= 4 is 6.09 Å². The molecule has 182 valence electrons. The normalized spacial score (nSPS) is 20.7. The highest BCUT2D eigenvalue weighted by Crippen LogP contribution is 2.45. The summed E-state index contributed by atoms with van der Waals surface area (Å²) in [5, 5.41) is 6.09. The van der Waals surface area contributed by atoms with Gasteiger partial charge < -0.3 is 20.1 Å². The van der Waals surface area contributed by atoms with E-state index in [0.717, 1.165) is 30.8 Å². The summed E-state index contributed by atoms with van der Waals surface area (Å²) in [7, 11) is 0. The van der Waals surface area contributed by atoms with Crippen molar-refractivity contribution in [2.45, 2.75) is 32.1 Å². The number of nitrogens with one attached hydrogen (secondary N) is 2. The zero-order valence-electron chi connectivity index (χ0n) is 19.6. The standard InChI is InChI=1S/C27H27F2N3O3/c1-27(2,35-26(33)31-13-16-6-4-3-5-7-16)18-11-23(17-8-9-21(28)22(29)10-17)32-24(12-18)34-25-19-14-30-15-20(19)25/h3-12,19-20,25,30H,13-15H2,1-2H3,(H,31,33). The number of hydrogen-bond donors (Lipinski definition) is 2. The SMILES string of the molecule is CC(C)(OC(=O)NCc1ccccc1)c1cc(OC2C3CNCC32)nc(-c2ccc(F)c(F)c2)c1. The van der Waals surface area contributed by atoms with E-state index in [9.17, 15) is 13.6 Å². The van der Waals surface area contributed by atoms with Gasteiger partial charge in [0.1, 0.15) is 11.7 Å². The fourth-order valence-electron chi connectivity index (χ4n) is 4.49. The number of amides is 1. The monoisotopic (exact) mass is 479 g/mol. The number of halogens is 2. The van der Waals surface area contributed by atoms with Crippen molar-refractivity contribution in [3.05, 3.63) is 83.4 Å². The molecule has 8 heteroatoms. The maximum absolute atomic E-state index is 14.0. The van der Waals surface area contributed by atoms with Crippen LogP contribution in [-0.2, 0) is 16.9 Å². The molecule has 2 unspecified atom stereocenters. The van der Waals surface area contributed by atoms with Crippen molar-refractivity contribution in [2.75, 3.05) is 13.1 Å². The first-order chi connectivity index (χ1) is 16.8. The second-order valence-electron chi connectivity index (χ2n) is 9.52. The number of fused-ring (bicyclic) bond motifs is 1. The minimum atomic E-state index is -1.05. The van der Waals surface area contributed by atoms with E-state index >= 15 is 0 Å². The number of nitrogens with zero attached hydrogens (tertiary/aromatic N) is 1. The third-order valence-corrected chi connectivity index (χ3v) is 6.61. The van der Waals surface area contributed by atoms with Gasteiger partial charge in [-0.2, -0.15) is 0 Å². The number of piperidine rings is 1. The number of aromatic nitrogens is 1. The molecular formula is C27H27F2N3O3. The molecule has 3 aromatic rings. The van der Waals surface area contributed by atoms with Gasteiger partial charge in [0.25, 0.3) is 0 Å². The topological polar surface area (TPSA) is 72.5 Å². The number of carbonyl (C=O) groups excluding carboxylic acids is 1. The van der Waals surface area contributed by atoms with E-state index in [-0.39, 0.29) is 6.10 Å². The first-order valence-electron chi connectivity index (χ1n) is 11.7. The number of hydrogen-bond acceptors (Lipinski definition) is 5.